The summed E-state index contributed by atoms with van der Waals surface area (Å²) in [5.74, 6) is 0.588. The predicted octanol–water partition coefficient (Wildman–Crippen LogP) is 4.27. The van der Waals surface area contributed by atoms with Gasteiger partial charge in [0.1, 0.15) is 0 Å². The van der Waals surface area contributed by atoms with Crippen LogP contribution in [0.5, 0.6) is 0 Å². The van der Waals surface area contributed by atoms with Gasteiger partial charge in [0.25, 0.3) is 0 Å². The zero-order valence-electron chi connectivity index (χ0n) is 12.7. The molecule has 1 aliphatic rings. The molecule has 20 heavy (non-hydrogen) atoms. The van der Waals surface area contributed by atoms with Crippen molar-refractivity contribution in [1.29, 1.82) is 0 Å². The summed E-state index contributed by atoms with van der Waals surface area (Å²) in [6.45, 7) is 7.62. The second kappa shape index (κ2) is 7.58. The van der Waals surface area contributed by atoms with Crippen LogP contribution in [0.25, 0.3) is 0 Å². The highest BCUT2D eigenvalue weighted by Crippen LogP contribution is 2.36. The molecule has 2 atom stereocenters. The lowest BCUT2D eigenvalue weighted by Crippen LogP contribution is -2.36. The van der Waals surface area contributed by atoms with E-state index in [0.29, 0.717) is 12.0 Å². The van der Waals surface area contributed by atoms with E-state index in [9.17, 15) is 0 Å². The molecule has 0 bridgehead atoms. The number of rotatable bonds is 4. The molecule has 3 heteroatoms. The molecule has 1 heterocycles. The molecule has 2 rings (SSSR count). The summed E-state index contributed by atoms with van der Waals surface area (Å²) in [6.07, 6.45) is 5.09. The molecule has 0 saturated carbocycles. The van der Waals surface area contributed by atoms with Gasteiger partial charge in [-0.1, -0.05) is 41.4 Å². The first kappa shape index (κ1) is 16.0. The number of nitrogens with zero attached hydrogens (tertiary/aromatic N) is 1. The van der Waals surface area contributed by atoms with E-state index < -0.39 is 0 Å². The predicted molar refractivity (Wildman–Crippen MR) is 89.9 cm³/mol. The summed E-state index contributed by atoms with van der Waals surface area (Å²) in [5, 5.41) is 0. The van der Waals surface area contributed by atoms with Gasteiger partial charge < -0.3 is 5.73 Å². The molecule has 0 radical (unpaired) electrons. The van der Waals surface area contributed by atoms with Crippen LogP contribution in [0.4, 0.5) is 0 Å². The Bertz CT molecular complexity index is 433. The van der Waals surface area contributed by atoms with Crippen LogP contribution in [0.3, 0.4) is 0 Å². The number of hydrogen-bond acceptors (Lipinski definition) is 2. The Morgan fingerprint density at radius 3 is 2.80 bits per heavy atom. The summed E-state index contributed by atoms with van der Waals surface area (Å²) < 4.78 is 1.20. The Labute approximate surface area is 131 Å². The monoisotopic (exact) mass is 338 g/mol. The third-order valence-corrected chi connectivity index (χ3v) is 5.34. The van der Waals surface area contributed by atoms with Gasteiger partial charge in [-0.15, -0.1) is 0 Å². The minimum absolute atomic E-state index is 0.495. The topological polar surface area (TPSA) is 29.3 Å². The first-order chi connectivity index (χ1) is 9.67. The zero-order chi connectivity index (χ0) is 14.5. The molecule has 1 aliphatic heterocycles. The minimum Gasteiger partial charge on any atom is -0.330 e. The van der Waals surface area contributed by atoms with Crippen molar-refractivity contribution in [2.45, 2.75) is 45.6 Å². The average Bonchev–Trinajstić information content (AvgIpc) is 2.64. The van der Waals surface area contributed by atoms with Gasteiger partial charge in [-0.3, -0.25) is 4.90 Å². The summed E-state index contributed by atoms with van der Waals surface area (Å²) in [7, 11) is 0. The maximum absolute atomic E-state index is 6.09. The van der Waals surface area contributed by atoms with Gasteiger partial charge in [-0.25, -0.2) is 0 Å². The lowest BCUT2D eigenvalue weighted by Gasteiger charge is -2.35. The van der Waals surface area contributed by atoms with Gasteiger partial charge in [0, 0.05) is 10.5 Å². The normalized spacial score (nSPS) is 24.6. The number of hydrogen-bond donors (Lipinski definition) is 1. The van der Waals surface area contributed by atoms with Crippen LogP contribution in [0.2, 0.25) is 0 Å². The third-order valence-electron chi connectivity index (χ3n) is 4.45. The standard InChI is InChI=1S/C17H27BrN2/c1-3-9-20-10-5-4-6-15(12-19)17(20)14-7-8-16(18)13(2)11-14/h7-8,11,15,17H,3-6,9-10,12,19H2,1-2H3. The molecule has 2 nitrogen and oxygen atoms in total. The largest absolute Gasteiger partial charge is 0.330 e. The Kier molecular flexibility index (Phi) is 6.06. The Morgan fingerprint density at radius 2 is 2.15 bits per heavy atom. The van der Waals surface area contributed by atoms with Crippen LogP contribution in [-0.4, -0.2) is 24.5 Å². The average molecular weight is 339 g/mol. The van der Waals surface area contributed by atoms with Gasteiger partial charge in [-0.2, -0.15) is 0 Å². The van der Waals surface area contributed by atoms with E-state index in [1.807, 2.05) is 0 Å². The molecular weight excluding hydrogens is 312 g/mol. The lowest BCUT2D eigenvalue weighted by atomic mass is 9.88. The van der Waals surface area contributed by atoms with E-state index in [1.54, 1.807) is 0 Å². The van der Waals surface area contributed by atoms with Crippen molar-refractivity contribution in [3.63, 3.8) is 0 Å². The van der Waals surface area contributed by atoms with Crippen LogP contribution in [0, 0.1) is 12.8 Å². The summed E-state index contributed by atoms with van der Waals surface area (Å²) in [4.78, 5) is 2.66. The highest BCUT2D eigenvalue weighted by atomic mass is 79.9. The Morgan fingerprint density at radius 1 is 1.35 bits per heavy atom. The Balaban J connectivity index is 2.34. The van der Waals surface area contributed by atoms with E-state index in [4.69, 9.17) is 5.73 Å². The van der Waals surface area contributed by atoms with Gasteiger partial charge >= 0.3 is 0 Å². The second-order valence-corrected chi connectivity index (χ2v) is 6.84. The number of benzene rings is 1. The minimum atomic E-state index is 0.495. The smallest absolute Gasteiger partial charge is 0.0388 e. The third kappa shape index (κ3) is 3.63. The van der Waals surface area contributed by atoms with Crippen molar-refractivity contribution in [3.8, 4) is 0 Å². The maximum atomic E-state index is 6.09. The summed E-state index contributed by atoms with van der Waals surface area (Å²) in [5.41, 5.74) is 8.85. The lowest BCUT2D eigenvalue weighted by molar-refractivity contribution is 0.158. The van der Waals surface area contributed by atoms with Gasteiger partial charge in [0.15, 0.2) is 0 Å². The summed E-state index contributed by atoms with van der Waals surface area (Å²) >= 11 is 3.61. The van der Waals surface area contributed by atoms with E-state index in [2.05, 4.69) is 52.9 Å². The molecule has 0 amide bonds. The van der Waals surface area contributed by atoms with Gasteiger partial charge in [-0.05, 0) is 68.9 Å². The zero-order valence-corrected chi connectivity index (χ0v) is 14.3. The molecule has 2 N–H and O–H groups in total. The van der Waals surface area contributed by atoms with Crippen molar-refractivity contribution in [2.24, 2.45) is 11.7 Å². The number of nitrogens with two attached hydrogens (primary N) is 1. The first-order valence-electron chi connectivity index (χ1n) is 7.87. The Hall–Kier alpha value is -0.380. The quantitative estimate of drug-likeness (QED) is 0.888. The number of likely N-dealkylation sites (tertiary alicyclic amines) is 1. The molecule has 0 aromatic heterocycles. The van der Waals surface area contributed by atoms with Crippen molar-refractivity contribution in [2.75, 3.05) is 19.6 Å². The van der Waals surface area contributed by atoms with Gasteiger partial charge in [0.05, 0.1) is 0 Å². The fraction of sp³-hybridized carbons (Fsp3) is 0.647. The fourth-order valence-corrected chi connectivity index (χ4v) is 3.68. The van der Waals surface area contributed by atoms with Gasteiger partial charge in [0.2, 0.25) is 0 Å². The van der Waals surface area contributed by atoms with Crippen LogP contribution in [-0.2, 0) is 0 Å². The second-order valence-electron chi connectivity index (χ2n) is 5.98. The fourth-order valence-electron chi connectivity index (χ4n) is 3.44. The first-order valence-corrected chi connectivity index (χ1v) is 8.66. The van der Waals surface area contributed by atoms with Crippen molar-refractivity contribution in [1.82, 2.24) is 4.90 Å². The van der Waals surface area contributed by atoms with Crippen LogP contribution < -0.4 is 5.73 Å². The summed E-state index contributed by atoms with van der Waals surface area (Å²) in [6, 6.07) is 7.30. The molecule has 1 aromatic carbocycles. The van der Waals surface area contributed by atoms with Crippen molar-refractivity contribution >= 4 is 15.9 Å². The van der Waals surface area contributed by atoms with Crippen molar-refractivity contribution in [3.05, 3.63) is 33.8 Å². The SMILES string of the molecule is CCCN1CCCCC(CN)C1c1ccc(Br)c(C)c1. The molecule has 2 unspecified atom stereocenters. The van der Waals surface area contributed by atoms with Crippen LogP contribution in [0.1, 0.15) is 49.8 Å². The molecule has 1 aromatic rings. The van der Waals surface area contributed by atoms with Crippen LogP contribution in [0.15, 0.2) is 22.7 Å². The van der Waals surface area contributed by atoms with E-state index in [0.717, 1.165) is 6.54 Å². The highest BCUT2D eigenvalue weighted by Gasteiger charge is 2.29. The maximum Gasteiger partial charge on any atom is 0.0388 e. The highest BCUT2D eigenvalue weighted by molar-refractivity contribution is 9.10. The van der Waals surface area contributed by atoms with E-state index in [-0.39, 0.29) is 0 Å². The molecule has 1 fully saturated rings. The van der Waals surface area contributed by atoms with Crippen molar-refractivity contribution < 1.29 is 0 Å². The molecule has 0 spiro atoms. The molecule has 112 valence electrons. The number of aryl methyl sites for hydroxylation is 1. The van der Waals surface area contributed by atoms with E-state index >= 15 is 0 Å². The van der Waals surface area contributed by atoms with E-state index in [1.165, 1.54) is 54.4 Å². The van der Waals surface area contributed by atoms with Crippen LogP contribution >= 0.6 is 15.9 Å². The molecule has 0 aliphatic carbocycles. The number of halogens is 1. The molecule has 1 saturated heterocycles. The molecular formula is C17H27BrN2.